The summed E-state index contributed by atoms with van der Waals surface area (Å²) in [6.45, 7) is 3.79. The number of hydrogen-bond donors (Lipinski definition) is 1. The summed E-state index contributed by atoms with van der Waals surface area (Å²) in [6, 6.07) is 6.48. The van der Waals surface area contributed by atoms with Gasteiger partial charge in [-0.15, -0.1) is 0 Å². The Morgan fingerprint density at radius 3 is 2.95 bits per heavy atom. The first-order chi connectivity index (χ1) is 10.3. The topological polar surface area (TPSA) is 54.3 Å². The van der Waals surface area contributed by atoms with Crippen LogP contribution in [0.25, 0.3) is 0 Å². The van der Waals surface area contributed by atoms with Crippen LogP contribution in [0, 0.1) is 23.1 Å². The molecule has 0 saturated carbocycles. The molecule has 4 nitrogen and oxygen atoms in total. The normalized spacial score (nSPS) is 15.6. The summed E-state index contributed by atoms with van der Waals surface area (Å²) in [4.78, 5) is 0. The molecule has 1 aliphatic rings. The fourth-order valence-electron chi connectivity index (χ4n) is 2.35. The molecule has 1 heterocycles. The van der Waals surface area contributed by atoms with Crippen LogP contribution >= 0.6 is 0 Å². The third-order valence-electron chi connectivity index (χ3n) is 3.60. The van der Waals surface area contributed by atoms with E-state index in [0.717, 1.165) is 39.1 Å². The lowest BCUT2D eigenvalue weighted by Gasteiger charge is -2.21. The van der Waals surface area contributed by atoms with Gasteiger partial charge in [0.15, 0.2) is 0 Å². The molecule has 1 aromatic rings. The maximum Gasteiger partial charge on any atom is 0.143 e. The van der Waals surface area contributed by atoms with Crippen LogP contribution in [0.5, 0.6) is 0 Å². The third kappa shape index (κ3) is 5.00. The minimum absolute atomic E-state index is 0.0700. The molecule has 5 heteroatoms. The standard InChI is InChI=1S/C16H21FN2O2/c17-15-3-1-4-16(14(15)11-18)19-7-2-8-21-12-13-5-9-20-10-6-13/h1,3-4,13,19H,2,5-10,12H2. The molecule has 114 valence electrons. The first-order valence-corrected chi connectivity index (χ1v) is 7.39. The minimum atomic E-state index is -0.488. The average Bonchev–Trinajstić information content (AvgIpc) is 2.52. The van der Waals surface area contributed by atoms with Gasteiger partial charge >= 0.3 is 0 Å². The molecule has 0 radical (unpaired) electrons. The van der Waals surface area contributed by atoms with Crippen LogP contribution in [0.15, 0.2) is 18.2 Å². The summed E-state index contributed by atoms with van der Waals surface area (Å²) >= 11 is 0. The number of nitriles is 1. The van der Waals surface area contributed by atoms with Crippen LogP contribution in [0.3, 0.4) is 0 Å². The van der Waals surface area contributed by atoms with Gasteiger partial charge in [0.05, 0.1) is 5.69 Å². The van der Waals surface area contributed by atoms with Crippen molar-refractivity contribution in [1.82, 2.24) is 0 Å². The van der Waals surface area contributed by atoms with Crippen molar-refractivity contribution in [1.29, 1.82) is 5.26 Å². The Labute approximate surface area is 124 Å². The van der Waals surface area contributed by atoms with Crippen LogP contribution < -0.4 is 5.32 Å². The Morgan fingerprint density at radius 2 is 2.19 bits per heavy atom. The van der Waals surface area contributed by atoms with Gasteiger partial charge in [-0.05, 0) is 37.3 Å². The summed E-state index contributed by atoms with van der Waals surface area (Å²) < 4.78 is 24.3. The highest BCUT2D eigenvalue weighted by molar-refractivity contribution is 5.57. The SMILES string of the molecule is N#Cc1c(F)cccc1NCCCOCC1CCOCC1. The first-order valence-electron chi connectivity index (χ1n) is 7.39. The summed E-state index contributed by atoms with van der Waals surface area (Å²) in [5.41, 5.74) is 0.613. The van der Waals surface area contributed by atoms with E-state index in [1.807, 2.05) is 6.07 Å². The molecule has 0 amide bonds. The minimum Gasteiger partial charge on any atom is -0.384 e. The molecule has 1 saturated heterocycles. The second kappa shape index (κ2) is 8.60. The van der Waals surface area contributed by atoms with E-state index in [1.165, 1.54) is 6.07 Å². The number of anilines is 1. The zero-order valence-corrected chi connectivity index (χ0v) is 12.1. The lowest BCUT2D eigenvalue weighted by molar-refractivity contribution is 0.0206. The predicted molar refractivity (Wildman–Crippen MR) is 78.6 cm³/mol. The summed E-state index contributed by atoms with van der Waals surface area (Å²) in [5, 5.41) is 12.0. The van der Waals surface area contributed by atoms with E-state index in [-0.39, 0.29) is 5.56 Å². The highest BCUT2D eigenvalue weighted by atomic mass is 19.1. The fourth-order valence-corrected chi connectivity index (χ4v) is 2.35. The molecule has 0 atom stereocenters. The fraction of sp³-hybridized carbons (Fsp3) is 0.562. The van der Waals surface area contributed by atoms with Gasteiger partial charge in [-0.2, -0.15) is 5.26 Å². The van der Waals surface area contributed by atoms with Crippen LogP contribution in [0.4, 0.5) is 10.1 Å². The van der Waals surface area contributed by atoms with Crippen LogP contribution in [0.2, 0.25) is 0 Å². The Bertz CT molecular complexity index is 482. The predicted octanol–water partition coefficient (Wildman–Crippen LogP) is 2.94. The molecular weight excluding hydrogens is 271 g/mol. The first kappa shape index (κ1) is 15.7. The van der Waals surface area contributed by atoms with Crippen molar-refractivity contribution < 1.29 is 13.9 Å². The van der Waals surface area contributed by atoms with E-state index in [4.69, 9.17) is 14.7 Å². The maximum absolute atomic E-state index is 13.4. The summed E-state index contributed by atoms with van der Waals surface area (Å²) in [5.74, 6) is 0.124. The monoisotopic (exact) mass is 292 g/mol. The Kier molecular flexibility index (Phi) is 6.45. The van der Waals surface area contributed by atoms with Gasteiger partial charge < -0.3 is 14.8 Å². The van der Waals surface area contributed by atoms with Crippen molar-refractivity contribution >= 4 is 5.69 Å². The van der Waals surface area contributed by atoms with E-state index < -0.39 is 5.82 Å². The zero-order valence-electron chi connectivity index (χ0n) is 12.1. The van der Waals surface area contributed by atoms with Crippen LogP contribution in [0.1, 0.15) is 24.8 Å². The number of nitrogens with one attached hydrogen (secondary N) is 1. The molecule has 0 aliphatic carbocycles. The van der Waals surface area contributed by atoms with E-state index in [9.17, 15) is 4.39 Å². The van der Waals surface area contributed by atoms with Crippen molar-refractivity contribution in [3.63, 3.8) is 0 Å². The largest absolute Gasteiger partial charge is 0.384 e. The average molecular weight is 292 g/mol. The van der Waals surface area contributed by atoms with Gasteiger partial charge in [-0.3, -0.25) is 0 Å². The summed E-state index contributed by atoms with van der Waals surface area (Å²) in [7, 11) is 0. The number of halogens is 1. The second-order valence-corrected chi connectivity index (χ2v) is 5.19. The Hall–Kier alpha value is -1.64. The number of ether oxygens (including phenoxy) is 2. The lowest BCUT2D eigenvalue weighted by atomic mass is 10.0. The Balaban J connectivity index is 1.62. The van der Waals surface area contributed by atoms with Crippen molar-refractivity contribution in [3.05, 3.63) is 29.6 Å². The number of nitrogens with zero attached hydrogens (tertiary/aromatic N) is 1. The molecule has 0 bridgehead atoms. The van der Waals surface area contributed by atoms with Crippen molar-refractivity contribution in [3.8, 4) is 6.07 Å². The number of rotatable bonds is 7. The molecule has 1 fully saturated rings. The van der Waals surface area contributed by atoms with Gasteiger partial charge in [0.2, 0.25) is 0 Å². The molecule has 1 aliphatic heterocycles. The van der Waals surface area contributed by atoms with Crippen molar-refractivity contribution in [2.24, 2.45) is 5.92 Å². The zero-order chi connectivity index (χ0) is 14.9. The molecule has 0 spiro atoms. The third-order valence-corrected chi connectivity index (χ3v) is 3.60. The lowest BCUT2D eigenvalue weighted by Crippen LogP contribution is -2.20. The van der Waals surface area contributed by atoms with E-state index in [2.05, 4.69) is 5.32 Å². The highest BCUT2D eigenvalue weighted by Gasteiger charge is 2.13. The molecular formula is C16H21FN2O2. The quantitative estimate of drug-likeness (QED) is 0.785. The molecule has 21 heavy (non-hydrogen) atoms. The molecule has 1 N–H and O–H groups in total. The molecule has 0 aromatic heterocycles. The highest BCUT2D eigenvalue weighted by Crippen LogP contribution is 2.17. The van der Waals surface area contributed by atoms with Crippen LogP contribution in [-0.4, -0.2) is 33.0 Å². The van der Waals surface area contributed by atoms with Gasteiger partial charge in [-0.1, -0.05) is 6.07 Å². The Morgan fingerprint density at radius 1 is 1.38 bits per heavy atom. The van der Waals surface area contributed by atoms with Gasteiger partial charge in [0.1, 0.15) is 17.4 Å². The molecule has 0 unspecified atom stereocenters. The number of benzene rings is 1. The van der Waals surface area contributed by atoms with Crippen LogP contribution in [-0.2, 0) is 9.47 Å². The van der Waals surface area contributed by atoms with Gasteiger partial charge in [-0.25, -0.2) is 4.39 Å². The second-order valence-electron chi connectivity index (χ2n) is 5.19. The van der Waals surface area contributed by atoms with E-state index >= 15 is 0 Å². The number of hydrogen-bond acceptors (Lipinski definition) is 4. The van der Waals surface area contributed by atoms with Crippen molar-refractivity contribution in [2.75, 3.05) is 38.3 Å². The molecule has 2 rings (SSSR count). The smallest absolute Gasteiger partial charge is 0.143 e. The maximum atomic E-state index is 13.4. The van der Waals surface area contributed by atoms with E-state index in [1.54, 1.807) is 12.1 Å². The van der Waals surface area contributed by atoms with E-state index in [0.29, 0.717) is 24.8 Å². The van der Waals surface area contributed by atoms with Crippen molar-refractivity contribution in [2.45, 2.75) is 19.3 Å². The molecule has 1 aromatic carbocycles. The van der Waals surface area contributed by atoms with Gasteiger partial charge in [0.25, 0.3) is 0 Å². The van der Waals surface area contributed by atoms with Gasteiger partial charge in [0, 0.05) is 33.0 Å². The summed E-state index contributed by atoms with van der Waals surface area (Å²) in [6.07, 6.45) is 2.98.